The summed E-state index contributed by atoms with van der Waals surface area (Å²) in [6.07, 6.45) is -0.215. The van der Waals surface area contributed by atoms with Crippen LogP contribution in [0.15, 0.2) is 48.5 Å². The molecule has 1 spiro atoms. The molecule has 2 amide bonds. The Kier molecular flexibility index (Phi) is 6.89. The van der Waals surface area contributed by atoms with Gasteiger partial charge in [-0.15, -0.1) is 0 Å². The second kappa shape index (κ2) is 9.85. The fourth-order valence-corrected chi connectivity index (χ4v) is 7.39. The highest BCUT2D eigenvalue weighted by Crippen LogP contribution is 2.61. The molecule has 3 aliphatic heterocycles. The fraction of sp³-hybridized carbons (Fsp3) is 0.464. The summed E-state index contributed by atoms with van der Waals surface area (Å²) in [7, 11) is 0. The highest BCUT2D eigenvalue weighted by Gasteiger charge is 2.77. The lowest BCUT2D eigenvalue weighted by atomic mass is 9.70. The standard InChI is InChI=1S/C28H31BrN2O6/c1-4-36-27(35)20-21-26(34)31(19(14-32)17-11-6-5-7-12-17)24(28(21)13-18(29)23(20)37-28)25(33)30-22-15(2)9-8-10-16(22)3/h5-12,18-21,23-24,32H,4,13-14H2,1-3H3,(H,30,33)/t18?,19-,20+,21-,23+,24+,28-/m1/s1. The van der Waals surface area contributed by atoms with Crippen LogP contribution in [0, 0.1) is 25.7 Å². The van der Waals surface area contributed by atoms with Crippen molar-refractivity contribution in [2.75, 3.05) is 18.5 Å². The molecule has 7 atom stereocenters. The van der Waals surface area contributed by atoms with Gasteiger partial charge in [0.15, 0.2) is 0 Å². The number of rotatable bonds is 7. The summed E-state index contributed by atoms with van der Waals surface area (Å²) in [6.45, 7) is 5.31. The average Bonchev–Trinajstić information content (AvgIpc) is 3.46. The molecule has 196 valence electrons. The van der Waals surface area contributed by atoms with Crippen molar-refractivity contribution in [3.63, 3.8) is 0 Å². The zero-order chi connectivity index (χ0) is 26.5. The second-order valence-electron chi connectivity index (χ2n) is 10.0. The van der Waals surface area contributed by atoms with Crippen molar-refractivity contribution >= 4 is 39.4 Å². The number of hydrogen-bond acceptors (Lipinski definition) is 6. The summed E-state index contributed by atoms with van der Waals surface area (Å²) in [5, 5.41) is 13.6. The number of esters is 1. The number of amides is 2. The molecular weight excluding hydrogens is 540 g/mol. The highest BCUT2D eigenvalue weighted by molar-refractivity contribution is 9.09. The first kappa shape index (κ1) is 25.9. The smallest absolute Gasteiger partial charge is 0.312 e. The van der Waals surface area contributed by atoms with E-state index >= 15 is 0 Å². The predicted octanol–water partition coefficient (Wildman–Crippen LogP) is 3.29. The lowest BCUT2D eigenvalue weighted by molar-refractivity contribution is -0.155. The number of carbonyl (C=O) groups is 3. The second-order valence-corrected chi connectivity index (χ2v) is 11.2. The first-order chi connectivity index (χ1) is 17.7. The minimum absolute atomic E-state index is 0.173. The number of hydrogen-bond donors (Lipinski definition) is 2. The van der Waals surface area contributed by atoms with Gasteiger partial charge in [-0.3, -0.25) is 14.4 Å². The Hall–Kier alpha value is -2.75. The number of fused-ring (bicyclic) bond motifs is 1. The molecule has 1 unspecified atom stereocenters. The monoisotopic (exact) mass is 570 g/mol. The van der Waals surface area contributed by atoms with E-state index in [-0.39, 0.29) is 17.3 Å². The van der Waals surface area contributed by atoms with Gasteiger partial charge in [0.2, 0.25) is 11.8 Å². The Labute approximate surface area is 224 Å². The van der Waals surface area contributed by atoms with Gasteiger partial charge in [0.25, 0.3) is 0 Å². The first-order valence-corrected chi connectivity index (χ1v) is 13.5. The number of likely N-dealkylation sites (tertiary alicyclic amines) is 1. The summed E-state index contributed by atoms with van der Waals surface area (Å²) < 4.78 is 11.8. The van der Waals surface area contributed by atoms with E-state index in [2.05, 4.69) is 21.2 Å². The van der Waals surface area contributed by atoms with E-state index in [4.69, 9.17) is 9.47 Å². The average molecular weight is 571 g/mol. The van der Waals surface area contributed by atoms with Crippen molar-refractivity contribution in [3.05, 3.63) is 65.2 Å². The minimum atomic E-state index is -1.24. The molecule has 2 bridgehead atoms. The summed E-state index contributed by atoms with van der Waals surface area (Å²) in [4.78, 5) is 42.7. The summed E-state index contributed by atoms with van der Waals surface area (Å²) >= 11 is 3.65. The third-order valence-electron chi connectivity index (χ3n) is 7.96. The van der Waals surface area contributed by atoms with E-state index in [9.17, 15) is 19.5 Å². The van der Waals surface area contributed by atoms with Crippen LogP contribution in [0.25, 0.3) is 0 Å². The number of carbonyl (C=O) groups excluding carboxylic acids is 3. The van der Waals surface area contributed by atoms with Crippen LogP contribution in [0.5, 0.6) is 0 Å². The molecule has 2 N–H and O–H groups in total. The Morgan fingerprint density at radius 2 is 1.86 bits per heavy atom. The van der Waals surface area contributed by atoms with Crippen LogP contribution in [0.1, 0.15) is 36.1 Å². The highest BCUT2D eigenvalue weighted by atomic mass is 79.9. The van der Waals surface area contributed by atoms with Crippen molar-refractivity contribution in [1.29, 1.82) is 0 Å². The third-order valence-corrected chi connectivity index (χ3v) is 8.80. The van der Waals surface area contributed by atoms with Gasteiger partial charge in [0.1, 0.15) is 11.6 Å². The number of aliphatic hydroxyl groups is 1. The molecule has 0 saturated carbocycles. The van der Waals surface area contributed by atoms with Crippen molar-refractivity contribution in [3.8, 4) is 0 Å². The van der Waals surface area contributed by atoms with Crippen LogP contribution in [-0.2, 0) is 23.9 Å². The molecule has 0 aromatic heterocycles. The van der Waals surface area contributed by atoms with Gasteiger partial charge in [-0.25, -0.2) is 0 Å². The fourth-order valence-electron chi connectivity index (χ4n) is 6.44. The Balaban J connectivity index is 1.63. The summed E-state index contributed by atoms with van der Waals surface area (Å²) in [5.41, 5.74) is 1.90. The maximum Gasteiger partial charge on any atom is 0.312 e. The molecule has 0 aliphatic carbocycles. The normalized spacial score (nSPS) is 30.8. The zero-order valence-electron chi connectivity index (χ0n) is 21.0. The van der Waals surface area contributed by atoms with Gasteiger partial charge in [-0.2, -0.15) is 0 Å². The van der Waals surface area contributed by atoms with Gasteiger partial charge in [-0.05, 0) is 43.9 Å². The molecule has 5 rings (SSSR count). The Morgan fingerprint density at radius 3 is 2.49 bits per heavy atom. The van der Waals surface area contributed by atoms with E-state index in [0.29, 0.717) is 17.7 Å². The number of alkyl halides is 1. The van der Waals surface area contributed by atoms with Crippen molar-refractivity contribution in [2.24, 2.45) is 11.8 Å². The van der Waals surface area contributed by atoms with E-state index in [1.54, 1.807) is 6.92 Å². The van der Waals surface area contributed by atoms with Crippen molar-refractivity contribution in [1.82, 2.24) is 4.90 Å². The van der Waals surface area contributed by atoms with Gasteiger partial charge < -0.3 is 24.8 Å². The van der Waals surface area contributed by atoms with Crippen molar-refractivity contribution < 1.29 is 29.0 Å². The van der Waals surface area contributed by atoms with E-state index < -0.39 is 54.1 Å². The SMILES string of the molecule is CCOC(=O)[C@@H]1[C@H]2O[C@@]3(CC2Br)[C@H](C(=O)Nc2c(C)cccc2C)N([C@H](CO)c2ccccc2)C(=O)[C@@H]13. The van der Waals surface area contributed by atoms with E-state index in [0.717, 1.165) is 11.1 Å². The third kappa shape index (κ3) is 3.99. The maximum absolute atomic E-state index is 14.2. The topological polar surface area (TPSA) is 105 Å². The van der Waals surface area contributed by atoms with Crippen molar-refractivity contribution in [2.45, 2.75) is 55.8 Å². The molecule has 3 aliphatic rings. The van der Waals surface area contributed by atoms with Crippen LogP contribution in [0.4, 0.5) is 5.69 Å². The number of anilines is 1. The quantitative estimate of drug-likeness (QED) is 0.391. The number of nitrogens with zero attached hydrogens (tertiary/aromatic N) is 1. The predicted molar refractivity (Wildman–Crippen MR) is 140 cm³/mol. The number of halogens is 1. The summed E-state index contributed by atoms with van der Waals surface area (Å²) in [6, 6.07) is 13.0. The van der Waals surface area contributed by atoms with Crippen LogP contribution in [-0.4, -0.2) is 63.6 Å². The Bertz CT molecular complexity index is 1200. The largest absolute Gasteiger partial charge is 0.466 e. The van der Waals surface area contributed by atoms with E-state index in [1.165, 1.54) is 4.90 Å². The number of para-hydroxylation sites is 1. The molecule has 3 fully saturated rings. The maximum atomic E-state index is 14.2. The lowest BCUT2D eigenvalue weighted by Gasteiger charge is -2.37. The van der Waals surface area contributed by atoms with Gasteiger partial charge in [0, 0.05) is 10.5 Å². The number of ether oxygens (including phenoxy) is 2. The summed E-state index contributed by atoms with van der Waals surface area (Å²) in [5.74, 6) is -3.04. The molecule has 3 heterocycles. The van der Waals surface area contributed by atoms with Gasteiger partial charge >= 0.3 is 5.97 Å². The number of benzene rings is 2. The molecular formula is C28H31BrN2O6. The molecule has 2 aromatic rings. The molecule has 37 heavy (non-hydrogen) atoms. The van der Waals surface area contributed by atoms with Crippen LogP contribution >= 0.6 is 15.9 Å². The number of aliphatic hydroxyl groups excluding tert-OH is 1. The van der Waals surface area contributed by atoms with Gasteiger partial charge in [-0.1, -0.05) is 64.5 Å². The lowest BCUT2D eigenvalue weighted by Crippen LogP contribution is -2.55. The number of nitrogens with one attached hydrogen (secondary N) is 1. The molecule has 3 saturated heterocycles. The van der Waals surface area contributed by atoms with Gasteiger partial charge in [0.05, 0.1) is 37.2 Å². The molecule has 0 radical (unpaired) electrons. The van der Waals surface area contributed by atoms with Crippen LogP contribution in [0.2, 0.25) is 0 Å². The molecule has 8 nitrogen and oxygen atoms in total. The molecule has 2 aromatic carbocycles. The van der Waals surface area contributed by atoms with Crippen LogP contribution in [0.3, 0.4) is 0 Å². The molecule has 9 heteroatoms. The Morgan fingerprint density at radius 1 is 1.19 bits per heavy atom. The van der Waals surface area contributed by atoms with Crippen LogP contribution < -0.4 is 5.32 Å². The minimum Gasteiger partial charge on any atom is -0.466 e. The first-order valence-electron chi connectivity index (χ1n) is 12.6. The zero-order valence-corrected chi connectivity index (χ0v) is 22.6. The number of aryl methyl sites for hydroxylation is 2. The van der Waals surface area contributed by atoms with E-state index in [1.807, 2.05) is 62.4 Å².